The van der Waals surface area contributed by atoms with Crippen molar-refractivity contribution in [2.24, 2.45) is 10.2 Å². The highest BCUT2D eigenvalue weighted by Gasteiger charge is 2.10. The molecule has 0 atom stereocenters. The number of rotatable bonds is 4. The summed E-state index contributed by atoms with van der Waals surface area (Å²) in [6.45, 7) is 1.86. The van der Waals surface area contributed by atoms with Crippen LogP contribution in [0.25, 0.3) is 5.69 Å². The van der Waals surface area contributed by atoms with Gasteiger partial charge in [-0.3, -0.25) is 4.52 Å². The van der Waals surface area contributed by atoms with E-state index in [9.17, 15) is 9.90 Å². The molecule has 7 nitrogen and oxygen atoms in total. The van der Waals surface area contributed by atoms with E-state index in [2.05, 4.69) is 20.0 Å². The molecule has 2 aromatic carbocycles. The fraction of sp³-hybridized carbons (Fsp3) is 0.0588. The van der Waals surface area contributed by atoms with Crippen LogP contribution in [0.4, 0.5) is 0 Å². The number of phenols is 1. The quantitative estimate of drug-likeness (QED) is 0.435. The zero-order valence-electron chi connectivity index (χ0n) is 12.9. The van der Waals surface area contributed by atoms with Gasteiger partial charge in [-0.25, -0.2) is 4.79 Å². The minimum absolute atomic E-state index is 0.212. The summed E-state index contributed by atoms with van der Waals surface area (Å²) in [5, 5.41) is 19.9. The van der Waals surface area contributed by atoms with Crippen molar-refractivity contribution in [3.63, 3.8) is 0 Å². The fourth-order valence-corrected chi connectivity index (χ4v) is 2.04. The van der Waals surface area contributed by atoms with Gasteiger partial charge < -0.3 is 5.11 Å². The van der Waals surface area contributed by atoms with Crippen LogP contribution >= 0.6 is 0 Å². The van der Waals surface area contributed by atoms with Crippen LogP contribution in [-0.2, 0) is 0 Å². The normalized spacial score (nSPS) is 12.0. The molecule has 2 N–H and O–H groups in total. The number of H-pyrrole nitrogens is 1. The first-order chi connectivity index (χ1) is 11.6. The lowest BCUT2D eigenvalue weighted by Gasteiger charge is -1.98. The Balaban J connectivity index is 1.73. The predicted molar refractivity (Wildman–Crippen MR) is 88.8 cm³/mol. The molecule has 0 amide bonds. The monoisotopic (exact) mass is 323 g/mol. The van der Waals surface area contributed by atoms with E-state index in [1.54, 1.807) is 30.5 Å². The van der Waals surface area contributed by atoms with Gasteiger partial charge in [0.15, 0.2) is 0 Å². The summed E-state index contributed by atoms with van der Waals surface area (Å²) in [5.74, 6) is 0.212. The lowest BCUT2D eigenvalue weighted by Crippen LogP contribution is -2.32. The number of aromatic nitrogens is 2. The van der Waals surface area contributed by atoms with Crippen LogP contribution in [-0.4, -0.2) is 22.3 Å². The molecule has 0 bridgehead atoms. The van der Waals surface area contributed by atoms with Gasteiger partial charge in [0.25, 0.3) is 6.20 Å². The van der Waals surface area contributed by atoms with Gasteiger partial charge in [0.1, 0.15) is 5.75 Å². The van der Waals surface area contributed by atoms with Gasteiger partial charge in [-0.05, 0) is 64.4 Å². The lowest BCUT2D eigenvalue weighted by molar-refractivity contribution is -0.670. The number of aromatic hydroxyl groups is 1. The zero-order valence-corrected chi connectivity index (χ0v) is 12.9. The topological polar surface area (TPSA) is 94.8 Å². The van der Waals surface area contributed by atoms with Crippen LogP contribution in [0.2, 0.25) is 0 Å². The van der Waals surface area contributed by atoms with E-state index in [0.717, 1.165) is 22.5 Å². The average Bonchev–Trinajstić information content (AvgIpc) is 3.03. The summed E-state index contributed by atoms with van der Waals surface area (Å²) in [5.41, 5.74) is 2.83. The first-order valence-corrected chi connectivity index (χ1v) is 7.19. The molecule has 0 aliphatic heterocycles. The molecule has 3 aromatic rings. The van der Waals surface area contributed by atoms with Gasteiger partial charge >= 0.3 is 5.63 Å². The number of benzene rings is 2. The first kappa shape index (κ1) is 15.4. The maximum absolute atomic E-state index is 11.0. The van der Waals surface area contributed by atoms with E-state index in [-0.39, 0.29) is 5.75 Å². The number of phenolic OH excluding ortho intramolecular Hbond substituents is 1. The highest BCUT2D eigenvalue weighted by molar-refractivity contribution is 5.99. The summed E-state index contributed by atoms with van der Waals surface area (Å²) >= 11 is 0. The Bertz CT molecular complexity index is 935. The van der Waals surface area contributed by atoms with Crippen molar-refractivity contribution in [1.29, 1.82) is 0 Å². The third kappa shape index (κ3) is 3.64. The fourth-order valence-electron chi connectivity index (χ4n) is 2.04. The largest absolute Gasteiger partial charge is 0.508 e. The smallest absolute Gasteiger partial charge is 0.427 e. The summed E-state index contributed by atoms with van der Waals surface area (Å²) in [7, 11) is 0. The Morgan fingerprint density at radius 3 is 2.50 bits per heavy atom. The molecule has 0 aliphatic carbocycles. The van der Waals surface area contributed by atoms with Crippen molar-refractivity contribution in [2.75, 3.05) is 0 Å². The molecule has 0 spiro atoms. The van der Waals surface area contributed by atoms with E-state index in [4.69, 9.17) is 0 Å². The van der Waals surface area contributed by atoms with Gasteiger partial charge in [0, 0.05) is 12.1 Å². The molecular formula is C17H15N4O3+. The molecule has 24 heavy (non-hydrogen) atoms. The second-order valence-electron chi connectivity index (χ2n) is 5.08. The predicted octanol–water partition coefficient (Wildman–Crippen LogP) is 1.79. The Morgan fingerprint density at radius 2 is 1.88 bits per heavy atom. The van der Waals surface area contributed by atoms with Gasteiger partial charge in [0.05, 0.1) is 11.9 Å². The second-order valence-corrected chi connectivity index (χ2v) is 5.08. The molecule has 1 heterocycles. The van der Waals surface area contributed by atoms with Crippen molar-refractivity contribution in [3.8, 4) is 11.4 Å². The maximum Gasteiger partial charge on any atom is 0.427 e. The van der Waals surface area contributed by atoms with Crippen LogP contribution in [0, 0.1) is 0 Å². The standard InChI is InChI=1S/C17H14N4O3/c1-12(19-18-10-13-2-8-16(22)9-3-13)14-4-6-15(7-5-14)21-11-17(23)24-20-21/h2-11H,1H3,(H-,18,20,22,23)/p+1. The summed E-state index contributed by atoms with van der Waals surface area (Å²) in [4.78, 5) is 11.0. The molecular weight excluding hydrogens is 308 g/mol. The molecule has 0 radical (unpaired) electrons. The maximum atomic E-state index is 11.0. The minimum Gasteiger partial charge on any atom is -0.508 e. The third-order valence-electron chi connectivity index (χ3n) is 3.35. The van der Waals surface area contributed by atoms with Crippen molar-refractivity contribution >= 4 is 11.9 Å². The van der Waals surface area contributed by atoms with Crippen LogP contribution in [0.15, 0.2) is 74.2 Å². The van der Waals surface area contributed by atoms with Crippen molar-refractivity contribution in [3.05, 3.63) is 76.3 Å². The molecule has 7 heteroatoms. The Kier molecular flexibility index (Phi) is 4.33. The minimum atomic E-state index is -0.444. The van der Waals surface area contributed by atoms with Crippen molar-refractivity contribution < 1.29 is 14.3 Å². The third-order valence-corrected chi connectivity index (χ3v) is 3.35. The highest BCUT2D eigenvalue weighted by Crippen LogP contribution is 2.08. The van der Waals surface area contributed by atoms with Gasteiger partial charge in [0.2, 0.25) is 5.69 Å². The molecule has 0 saturated heterocycles. The number of aromatic amines is 1. The average molecular weight is 323 g/mol. The Hall–Kier alpha value is -3.48. The number of nitrogens with zero attached hydrogens (tertiary/aromatic N) is 3. The summed E-state index contributed by atoms with van der Waals surface area (Å²) in [6, 6.07) is 14.1. The SMILES string of the molecule is C/C(=N\N=C\c1ccc(O)cc1)c1ccc(-[n+]2cc(=O)o[nH]2)cc1. The Labute approximate surface area is 137 Å². The molecule has 0 aliphatic rings. The molecule has 0 fully saturated rings. The van der Waals surface area contributed by atoms with Crippen LogP contribution < -0.4 is 10.3 Å². The van der Waals surface area contributed by atoms with E-state index < -0.39 is 5.63 Å². The first-order valence-electron chi connectivity index (χ1n) is 7.19. The molecule has 0 saturated carbocycles. The van der Waals surface area contributed by atoms with Crippen LogP contribution in [0.1, 0.15) is 18.1 Å². The van der Waals surface area contributed by atoms with Gasteiger partial charge in [-0.2, -0.15) is 10.2 Å². The Morgan fingerprint density at radius 1 is 1.17 bits per heavy atom. The summed E-state index contributed by atoms with van der Waals surface area (Å²) < 4.78 is 6.11. The van der Waals surface area contributed by atoms with Gasteiger partial charge in [-0.15, -0.1) is 0 Å². The van der Waals surface area contributed by atoms with Crippen LogP contribution in [0.3, 0.4) is 0 Å². The van der Waals surface area contributed by atoms with Gasteiger partial charge in [-0.1, -0.05) is 0 Å². The van der Waals surface area contributed by atoms with E-state index in [1.165, 1.54) is 10.9 Å². The number of nitrogens with one attached hydrogen (secondary N) is 1. The lowest BCUT2D eigenvalue weighted by atomic mass is 10.1. The molecule has 1 aromatic heterocycles. The molecule has 120 valence electrons. The number of hydrogen-bond donors (Lipinski definition) is 2. The second kappa shape index (κ2) is 6.74. The van der Waals surface area contributed by atoms with Crippen LogP contribution in [0.5, 0.6) is 5.75 Å². The number of hydrogen-bond acceptors (Lipinski definition) is 5. The van der Waals surface area contributed by atoms with Crippen molar-refractivity contribution in [1.82, 2.24) is 5.27 Å². The van der Waals surface area contributed by atoms with E-state index >= 15 is 0 Å². The molecule has 3 rings (SSSR count). The van der Waals surface area contributed by atoms with E-state index in [0.29, 0.717) is 0 Å². The van der Waals surface area contributed by atoms with E-state index in [1.807, 2.05) is 31.2 Å². The zero-order chi connectivity index (χ0) is 16.9. The van der Waals surface area contributed by atoms with Crippen molar-refractivity contribution in [2.45, 2.75) is 6.92 Å². The highest BCUT2D eigenvalue weighted by atomic mass is 16.5. The summed E-state index contributed by atoms with van der Waals surface area (Å²) in [6.07, 6.45) is 2.93. The molecule has 0 unspecified atom stereocenters.